The summed E-state index contributed by atoms with van der Waals surface area (Å²) in [5.41, 5.74) is 2.07. The first-order valence-corrected chi connectivity index (χ1v) is 5.98. The van der Waals surface area contributed by atoms with Crippen LogP contribution in [-0.4, -0.2) is 28.8 Å². The number of halogens is 1. The Morgan fingerprint density at radius 1 is 1.26 bits per heavy atom. The molecule has 1 aliphatic rings. The predicted molar refractivity (Wildman–Crippen MR) is 79.8 cm³/mol. The smallest absolute Gasteiger partial charge is 0.197 e. The summed E-state index contributed by atoms with van der Waals surface area (Å²) in [7, 11) is 1.92. The van der Waals surface area contributed by atoms with Gasteiger partial charge in [0, 0.05) is 25.2 Å². The molecule has 0 spiro atoms. The van der Waals surface area contributed by atoms with Crippen LogP contribution in [0.5, 0.6) is 0 Å². The van der Waals surface area contributed by atoms with Crippen LogP contribution in [0.25, 0.3) is 11.3 Å². The fourth-order valence-corrected chi connectivity index (χ4v) is 1.94. The Hall–Kier alpha value is -2.01. The van der Waals surface area contributed by atoms with Crippen molar-refractivity contribution >= 4 is 24.2 Å². The maximum absolute atomic E-state index is 4.49. The van der Waals surface area contributed by atoms with Crippen molar-refractivity contribution in [3.8, 4) is 11.3 Å². The minimum absolute atomic E-state index is 0. The molecule has 2 aromatic rings. The molecule has 1 aliphatic heterocycles. The van der Waals surface area contributed by atoms with Gasteiger partial charge in [-0.15, -0.1) is 12.4 Å². The van der Waals surface area contributed by atoms with E-state index in [9.17, 15) is 0 Å². The number of nitrogens with one attached hydrogen (secondary N) is 2. The molecule has 0 saturated heterocycles. The van der Waals surface area contributed by atoms with Gasteiger partial charge in [0.1, 0.15) is 5.82 Å². The molecule has 0 aliphatic carbocycles. The molecule has 0 bridgehead atoms. The summed E-state index contributed by atoms with van der Waals surface area (Å²) in [4.78, 5) is 4.31. The van der Waals surface area contributed by atoms with Crippen LogP contribution in [-0.2, 0) is 7.05 Å². The van der Waals surface area contributed by atoms with E-state index >= 15 is 0 Å². The summed E-state index contributed by atoms with van der Waals surface area (Å²) >= 11 is 0. The summed E-state index contributed by atoms with van der Waals surface area (Å²) in [5, 5.41) is 10.9. The Balaban J connectivity index is 0.00000133. The molecule has 0 atom stereocenters. The number of aromatic nitrogens is 2. The highest BCUT2D eigenvalue weighted by atomic mass is 35.5. The van der Waals surface area contributed by atoms with Crippen molar-refractivity contribution in [3.63, 3.8) is 0 Å². The lowest BCUT2D eigenvalue weighted by Gasteiger charge is -2.05. The number of anilines is 1. The second-order valence-corrected chi connectivity index (χ2v) is 4.19. The largest absolute Gasteiger partial charge is 0.354 e. The van der Waals surface area contributed by atoms with Crippen LogP contribution in [0.3, 0.4) is 0 Å². The summed E-state index contributed by atoms with van der Waals surface area (Å²) < 4.78 is 1.82. The second kappa shape index (κ2) is 5.75. The molecule has 0 amide bonds. The van der Waals surface area contributed by atoms with Gasteiger partial charge in [-0.1, -0.05) is 30.3 Å². The number of nitrogens with zero attached hydrogens (tertiary/aromatic N) is 3. The molecular formula is C13H16ClN5. The number of hydrogen-bond donors (Lipinski definition) is 2. The van der Waals surface area contributed by atoms with Gasteiger partial charge in [0.05, 0.1) is 12.2 Å². The lowest BCUT2D eigenvalue weighted by atomic mass is 10.2. The van der Waals surface area contributed by atoms with E-state index in [2.05, 4.69) is 32.9 Å². The lowest BCUT2D eigenvalue weighted by molar-refractivity contribution is 0.780. The average molecular weight is 278 g/mol. The van der Waals surface area contributed by atoms with E-state index in [1.807, 2.05) is 36.0 Å². The lowest BCUT2D eigenvalue weighted by Crippen LogP contribution is -2.27. The number of hydrogen-bond acceptors (Lipinski definition) is 4. The summed E-state index contributed by atoms with van der Waals surface area (Å²) in [6.45, 7) is 1.72. The molecular weight excluding hydrogens is 262 g/mol. The van der Waals surface area contributed by atoms with E-state index in [-0.39, 0.29) is 12.4 Å². The first-order valence-electron chi connectivity index (χ1n) is 5.98. The third kappa shape index (κ3) is 2.88. The molecule has 100 valence electrons. The monoisotopic (exact) mass is 277 g/mol. The second-order valence-electron chi connectivity index (χ2n) is 4.19. The molecule has 0 radical (unpaired) electrons. The van der Waals surface area contributed by atoms with Crippen LogP contribution in [0.4, 0.5) is 5.82 Å². The van der Waals surface area contributed by atoms with Crippen molar-refractivity contribution in [1.29, 1.82) is 0 Å². The van der Waals surface area contributed by atoms with Crippen LogP contribution in [0.2, 0.25) is 0 Å². The maximum atomic E-state index is 4.49. The SMILES string of the molecule is Cl.Cn1nc(-c2ccccc2)cc1NC1=NCCN1. The number of benzene rings is 1. The van der Waals surface area contributed by atoms with Gasteiger partial charge >= 0.3 is 0 Å². The molecule has 0 saturated carbocycles. The van der Waals surface area contributed by atoms with Gasteiger partial charge < -0.3 is 10.6 Å². The molecule has 5 nitrogen and oxygen atoms in total. The van der Waals surface area contributed by atoms with Crippen LogP contribution in [0.15, 0.2) is 41.4 Å². The van der Waals surface area contributed by atoms with E-state index in [4.69, 9.17) is 0 Å². The van der Waals surface area contributed by atoms with Gasteiger partial charge in [-0.05, 0) is 0 Å². The van der Waals surface area contributed by atoms with Crippen molar-refractivity contribution in [2.75, 3.05) is 18.4 Å². The molecule has 2 N–H and O–H groups in total. The normalized spacial score (nSPS) is 13.4. The topological polar surface area (TPSA) is 54.2 Å². The quantitative estimate of drug-likeness (QED) is 0.881. The molecule has 1 aromatic heterocycles. The Kier molecular flexibility index (Phi) is 4.06. The third-order valence-electron chi connectivity index (χ3n) is 2.87. The van der Waals surface area contributed by atoms with E-state index in [0.29, 0.717) is 0 Å². The van der Waals surface area contributed by atoms with E-state index in [1.165, 1.54) is 0 Å². The highest BCUT2D eigenvalue weighted by Crippen LogP contribution is 2.20. The average Bonchev–Trinajstić information content (AvgIpc) is 3.02. The summed E-state index contributed by atoms with van der Waals surface area (Å²) in [5.74, 6) is 1.75. The van der Waals surface area contributed by atoms with Gasteiger partial charge in [0.15, 0.2) is 5.96 Å². The van der Waals surface area contributed by atoms with E-state index in [0.717, 1.165) is 36.1 Å². The molecule has 1 aromatic carbocycles. The summed E-state index contributed by atoms with van der Waals surface area (Å²) in [6.07, 6.45) is 0. The number of guanidine groups is 1. The first kappa shape index (κ1) is 13.4. The van der Waals surface area contributed by atoms with Gasteiger partial charge in [-0.25, -0.2) is 0 Å². The Labute approximate surface area is 118 Å². The number of aliphatic imine (C=N–C) groups is 1. The van der Waals surface area contributed by atoms with E-state index in [1.54, 1.807) is 0 Å². The highest BCUT2D eigenvalue weighted by molar-refractivity contribution is 5.94. The maximum Gasteiger partial charge on any atom is 0.197 e. The van der Waals surface area contributed by atoms with Crippen molar-refractivity contribution < 1.29 is 0 Å². The number of rotatable bonds is 2. The fourth-order valence-electron chi connectivity index (χ4n) is 1.94. The Morgan fingerprint density at radius 2 is 2.05 bits per heavy atom. The third-order valence-corrected chi connectivity index (χ3v) is 2.87. The Bertz CT molecular complexity index is 576. The predicted octanol–water partition coefficient (Wildman–Crippen LogP) is 1.88. The van der Waals surface area contributed by atoms with Gasteiger partial charge in [-0.3, -0.25) is 9.67 Å². The zero-order chi connectivity index (χ0) is 12.4. The van der Waals surface area contributed by atoms with Crippen molar-refractivity contribution in [2.24, 2.45) is 12.0 Å². The van der Waals surface area contributed by atoms with Crippen LogP contribution < -0.4 is 10.6 Å². The van der Waals surface area contributed by atoms with Gasteiger partial charge in [0.25, 0.3) is 0 Å². The van der Waals surface area contributed by atoms with Gasteiger partial charge in [0.2, 0.25) is 0 Å². The zero-order valence-corrected chi connectivity index (χ0v) is 11.4. The molecule has 2 heterocycles. The van der Waals surface area contributed by atoms with Crippen molar-refractivity contribution in [3.05, 3.63) is 36.4 Å². The zero-order valence-electron chi connectivity index (χ0n) is 10.6. The van der Waals surface area contributed by atoms with Crippen LogP contribution in [0.1, 0.15) is 0 Å². The van der Waals surface area contributed by atoms with Crippen molar-refractivity contribution in [2.45, 2.75) is 0 Å². The minimum Gasteiger partial charge on any atom is -0.354 e. The van der Waals surface area contributed by atoms with E-state index < -0.39 is 0 Å². The molecule has 19 heavy (non-hydrogen) atoms. The Morgan fingerprint density at radius 3 is 2.74 bits per heavy atom. The first-order chi connectivity index (χ1) is 8.83. The van der Waals surface area contributed by atoms with Crippen LogP contribution in [0, 0.1) is 0 Å². The summed E-state index contributed by atoms with van der Waals surface area (Å²) in [6, 6.07) is 12.2. The standard InChI is InChI=1S/C13H15N5.ClH/c1-18-12(16-13-14-7-8-15-13)9-11(17-18)10-5-3-2-4-6-10;/h2-6,9H,7-8H2,1H3,(H2,14,15,16);1H. The fraction of sp³-hybridized carbons (Fsp3) is 0.231. The van der Waals surface area contributed by atoms with Crippen LogP contribution >= 0.6 is 12.4 Å². The van der Waals surface area contributed by atoms with Crippen molar-refractivity contribution in [1.82, 2.24) is 15.1 Å². The highest BCUT2D eigenvalue weighted by Gasteiger charge is 2.10. The molecule has 0 unspecified atom stereocenters. The number of aryl methyl sites for hydroxylation is 1. The minimum atomic E-state index is 0. The molecule has 3 rings (SSSR count). The van der Waals surface area contributed by atoms with Gasteiger partial charge in [-0.2, -0.15) is 5.10 Å². The molecule has 0 fully saturated rings. The molecule has 6 heteroatoms.